The smallest absolute Gasteiger partial charge is 0.273 e. The molecule has 0 fully saturated rings. The Morgan fingerprint density at radius 2 is 1.35 bits per heavy atom. The van der Waals surface area contributed by atoms with Crippen LogP contribution in [0.15, 0.2) is 80.3 Å². The zero-order valence-corrected chi connectivity index (χ0v) is 32.9. The van der Waals surface area contributed by atoms with E-state index in [1.165, 1.54) is 13.0 Å². The van der Waals surface area contributed by atoms with Gasteiger partial charge in [0.15, 0.2) is 5.01 Å². The number of anilines is 3. The molecule has 0 aliphatic heterocycles. The zero-order valence-electron chi connectivity index (χ0n) is 25.0. The van der Waals surface area contributed by atoms with Gasteiger partial charge in [0.1, 0.15) is 30.1 Å². The van der Waals surface area contributed by atoms with Gasteiger partial charge in [0, 0.05) is 23.7 Å². The van der Waals surface area contributed by atoms with Gasteiger partial charge in [-0.3, -0.25) is 14.2 Å². The second-order valence-corrected chi connectivity index (χ2v) is 18.5. The number of hydrogen-bond donors (Lipinski definition) is 3. The molecule has 0 aliphatic carbocycles. The molecular formula is C28H17BrCl3F2N7O5S5. The number of carbonyl (C=O) groups is 1. The van der Waals surface area contributed by atoms with Crippen LogP contribution in [0.5, 0.6) is 0 Å². The first kappa shape index (κ1) is 38.9. The van der Waals surface area contributed by atoms with Gasteiger partial charge >= 0.3 is 0 Å². The van der Waals surface area contributed by atoms with Crippen LogP contribution in [0.2, 0.25) is 14.4 Å². The fraction of sp³-hybridized carbons (Fsp3) is 0.0357. The second kappa shape index (κ2) is 16.1. The molecule has 0 saturated heterocycles. The Balaban J connectivity index is 0.000000201. The van der Waals surface area contributed by atoms with E-state index in [1.54, 1.807) is 42.5 Å². The average molecular weight is 916 g/mol. The molecule has 12 nitrogen and oxygen atoms in total. The number of aromatic nitrogens is 4. The third kappa shape index (κ3) is 9.76. The van der Waals surface area contributed by atoms with Gasteiger partial charge in [-0.05, 0) is 64.5 Å². The minimum absolute atomic E-state index is 0.00185. The Morgan fingerprint density at radius 3 is 1.96 bits per heavy atom. The number of carbonyl (C=O) groups excluding carboxylic acids is 1. The van der Waals surface area contributed by atoms with Crippen LogP contribution < -0.4 is 14.8 Å². The van der Waals surface area contributed by atoms with Crippen molar-refractivity contribution in [2.75, 3.05) is 14.8 Å². The van der Waals surface area contributed by atoms with E-state index in [0.29, 0.717) is 37.9 Å². The van der Waals surface area contributed by atoms with Crippen molar-refractivity contribution in [3.05, 3.63) is 97.2 Å². The van der Waals surface area contributed by atoms with E-state index in [4.69, 9.17) is 34.8 Å². The van der Waals surface area contributed by atoms with Crippen molar-refractivity contribution in [3.63, 3.8) is 0 Å². The minimum Gasteiger partial charge on any atom is -0.326 e. The lowest BCUT2D eigenvalue weighted by Gasteiger charge is -2.06. The highest BCUT2D eigenvalue weighted by Crippen LogP contribution is 2.37. The number of hydrogen-bond acceptors (Lipinski definition) is 12. The summed E-state index contributed by atoms with van der Waals surface area (Å²) in [4.78, 5) is 10.2. The minimum atomic E-state index is -4.40. The Bertz CT molecular complexity index is 2450. The molecule has 0 aliphatic rings. The van der Waals surface area contributed by atoms with Gasteiger partial charge in [0.25, 0.3) is 20.0 Å². The third-order valence-electron chi connectivity index (χ3n) is 6.00. The summed E-state index contributed by atoms with van der Waals surface area (Å²) >= 11 is 23.3. The highest BCUT2D eigenvalue weighted by atomic mass is 79.9. The van der Waals surface area contributed by atoms with Crippen LogP contribution in [0.25, 0.3) is 21.1 Å². The van der Waals surface area contributed by atoms with Crippen LogP contribution in [-0.4, -0.2) is 43.1 Å². The first-order valence-corrected chi connectivity index (χ1v) is 20.8. The molecule has 3 aromatic heterocycles. The molecule has 6 rings (SSSR count). The predicted octanol–water partition coefficient (Wildman–Crippen LogP) is 9.03. The summed E-state index contributed by atoms with van der Waals surface area (Å²) in [5.74, 6) is -2.24. The monoisotopic (exact) mass is 913 g/mol. The van der Waals surface area contributed by atoms with E-state index >= 15 is 0 Å². The van der Waals surface area contributed by atoms with Crippen LogP contribution in [-0.2, 0) is 24.8 Å². The summed E-state index contributed by atoms with van der Waals surface area (Å²) in [5, 5.41) is 19.6. The van der Waals surface area contributed by atoms with Crippen LogP contribution in [0.4, 0.5) is 24.7 Å². The molecule has 3 aromatic carbocycles. The molecule has 1 amide bonds. The number of rotatable bonds is 9. The summed E-state index contributed by atoms with van der Waals surface area (Å²) in [6, 6.07) is 16.3. The summed E-state index contributed by atoms with van der Waals surface area (Å²) in [7, 11) is -8.22. The average Bonchev–Trinajstić information content (AvgIpc) is 3.80. The maximum Gasteiger partial charge on any atom is 0.273 e. The molecule has 6 aromatic rings. The number of nitrogens with zero attached hydrogens (tertiary/aromatic N) is 4. The molecule has 266 valence electrons. The van der Waals surface area contributed by atoms with Crippen molar-refractivity contribution >= 4 is 127 Å². The van der Waals surface area contributed by atoms with Gasteiger partial charge in [-0.1, -0.05) is 75.7 Å². The lowest BCUT2D eigenvalue weighted by molar-refractivity contribution is -0.114. The second-order valence-electron chi connectivity index (χ2n) is 9.66. The normalized spacial score (nSPS) is 11.4. The summed E-state index contributed by atoms with van der Waals surface area (Å²) in [6.45, 7) is 1.39. The third-order valence-corrected chi connectivity index (χ3v) is 14.0. The van der Waals surface area contributed by atoms with Crippen molar-refractivity contribution in [2.24, 2.45) is 0 Å². The maximum absolute atomic E-state index is 13.9. The number of benzene rings is 3. The van der Waals surface area contributed by atoms with Crippen molar-refractivity contribution in [3.8, 4) is 21.1 Å². The first-order valence-electron chi connectivity index (χ1n) is 13.5. The Hall–Kier alpha value is -3.34. The Morgan fingerprint density at radius 1 is 0.745 bits per heavy atom. The fourth-order valence-electron chi connectivity index (χ4n) is 3.79. The molecule has 0 bridgehead atoms. The molecule has 0 saturated carbocycles. The quantitative estimate of drug-likeness (QED) is 0.120. The van der Waals surface area contributed by atoms with Crippen molar-refractivity contribution < 1.29 is 30.4 Å². The molecule has 0 spiro atoms. The van der Waals surface area contributed by atoms with Gasteiger partial charge in [-0.2, -0.15) is 0 Å². The number of nitrogens with one attached hydrogen (secondary N) is 3. The SMILES string of the molecule is CC(=O)Nc1ccc(-c2nnc(NS(=O)(=O)c3cc(F)c(Br)cc3F)s2)cc1.O=S(=O)(Nc1nnc(-c2ccccc2Cl)s1)c1cc(Cl)c(Cl)s1. The van der Waals surface area contributed by atoms with Crippen molar-refractivity contribution in [1.29, 1.82) is 0 Å². The van der Waals surface area contributed by atoms with Crippen molar-refractivity contribution in [1.82, 2.24) is 20.4 Å². The number of thiophene rings is 1. The Labute approximate surface area is 324 Å². The topological polar surface area (TPSA) is 173 Å². The van der Waals surface area contributed by atoms with Gasteiger partial charge in [-0.15, -0.1) is 31.7 Å². The molecule has 3 N–H and O–H groups in total. The maximum atomic E-state index is 13.9. The highest BCUT2D eigenvalue weighted by Gasteiger charge is 2.24. The lowest BCUT2D eigenvalue weighted by Crippen LogP contribution is -2.15. The van der Waals surface area contributed by atoms with E-state index in [9.17, 15) is 30.4 Å². The fourth-order valence-corrected chi connectivity index (χ4v) is 10.3. The van der Waals surface area contributed by atoms with E-state index in [-0.39, 0.29) is 34.2 Å². The number of sulfonamides is 2. The highest BCUT2D eigenvalue weighted by molar-refractivity contribution is 9.10. The number of halogens is 6. The molecule has 23 heteroatoms. The molecule has 0 atom stereocenters. The van der Waals surface area contributed by atoms with E-state index in [2.05, 4.69) is 51.1 Å². The lowest BCUT2D eigenvalue weighted by atomic mass is 10.2. The largest absolute Gasteiger partial charge is 0.326 e. The van der Waals surface area contributed by atoms with Crippen LogP contribution >= 0.6 is 84.7 Å². The van der Waals surface area contributed by atoms with Gasteiger partial charge in [0.2, 0.25) is 16.2 Å². The summed E-state index contributed by atoms with van der Waals surface area (Å²) < 4.78 is 81.3. The van der Waals surface area contributed by atoms with E-state index in [0.717, 1.165) is 40.1 Å². The van der Waals surface area contributed by atoms with Crippen LogP contribution in [0, 0.1) is 11.6 Å². The van der Waals surface area contributed by atoms with Crippen LogP contribution in [0.1, 0.15) is 6.92 Å². The Kier molecular flexibility index (Phi) is 12.3. The van der Waals surface area contributed by atoms with Crippen molar-refractivity contribution in [2.45, 2.75) is 16.0 Å². The summed E-state index contributed by atoms with van der Waals surface area (Å²) in [6.07, 6.45) is 0. The standard InChI is InChI=1S/C16H11BrF2N4O3S2.C12H6Cl3N3O2S3/c1-8(24)20-10-4-2-9(3-5-10)15-21-22-16(27-15)23-28(25,26)14-7-12(18)11(17)6-13(14)19;13-7-4-2-1-3-6(7)11-16-17-12(22-11)18-23(19,20)9-5-8(14)10(15)21-9/h2-7H,1H3,(H,20,24)(H,22,23);1-5H,(H,17,18). The van der Waals surface area contributed by atoms with Gasteiger partial charge in [-0.25, -0.2) is 25.6 Å². The van der Waals surface area contributed by atoms with Gasteiger partial charge in [0.05, 0.1) is 14.5 Å². The molecular weight excluding hydrogens is 899 g/mol. The summed E-state index contributed by atoms with van der Waals surface area (Å²) in [5.41, 5.74) is 1.91. The number of amides is 1. The molecule has 51 heavy (non-hydrogen) atoms. The van der Waals surface area contributed by atoms with Gasteiger partial charge < -0.3 is 5.32 Å². The molecule has 0 radical (unpaired) electrons. The zero-order chi connectivity index (χ0) is 37.1. The predicted molar refractivity (Wildman–Crippen MR) is 200 cm³/mol. The van der Waals surface area contributed by atoms with E-state index < -0.39 is 36.6 Å². The molecule has 0 unspecified atom stereocenters. The van der Waals surface area contributed by atoms with E-state index in [1.807, 2.05) is 6.07 Å². The first-order chi connectivity index (χ1) is 24.0. The molecule has 3 heterocycles. The van der Waals surface area contributed by atoms with Crippen LogP contribution in [0.3, 0.4) is 0 Å².